The van der Waals surface area contributed by atoms with Crippen molar-refractivity contribution in [2.45, 2.75) is 12.6 Å². The molecule has 0 saturated carbocycles. The van der Waals surface area contributed by atoms with Crippen molar-refractivity contribution in [3.05, 3.63) is 33.8 Å². The van der Waals surface area contributed by atoms with Gasteiger partial charge in [0.05, 0.1) is 12.2 Å². The van der Waals surface area contributed by atoms with Crippen molar-refractivity contribution in [3.8, 4) is 0 Å². The maximum Gasteiger partial charge on any atom is 0.416 e. The Kier molecular flexibility index (Phi) is 3.53. The molecule has 0 aliphatic carbocycles. The lowest BCUT2D eigenvalue weighted by molar-refractivity contribution is -0.137. The highest BCUT2D eigenvalue weighted by molar-refractivity contribution is 9.10. The van der Waals surface area contributed by atoms with Gasteiger partial charge in [-0.05, 0) is 23.8 Å². The van der Waals surface area contributed by atoms with Crippen LogP contribution >= 0.6 is 15.9 Å². The van der Waals surface area contributed by atoms with Gasteiger partial charge in [0.2, 0.25) is 0 Å². The third kappa shape index (κ3) is 2.70. The average Bonchev–Trinajstić information content (AvgIpc) is 2.07. The van der Waals surface area contributed by atoms with Gasteiger partial charge in [-0.2, -0.15) is 13.2 Å². The SMILES string of the molecule is FCCc1cc(C(F)(F)F)ccc1Br. The first kappa shape index (κ1) is 11.5. The topological polar surface area (TPSA) is 0 Å². The van der Waals surface area contributed by atoms with E-state index < -0.39 is 18.4 Å². The molecule has 0 aliphatic rings. The summed E-state index contributed by atoms with van der Waals surface area (Å²) in [5.74, 6) is 0. The van der Waals surface area contributed by atoms with E-state index in [4.69, 9.17) is 0 Å². The Balaban J connectivity index is 3.06. The predicted molar refractivity (Wildman–Crippen MR) is 48.8 cm³/mol. The van der Waals surface area contributed by atoms with Crippen LogP contribution in [-0.2, 0) is 12.6 Å². The third-order valence-corrected chi connectivity index (χ3v) is 2.51. The summed E-state index contributed by atoms with van der Waals surface area (Å²) in [5, 5.41) is 0. The second kappa shape index (κ2) is 4.29. The molecule has 0 N–H and O–H groups in total. The first-order chi connectivity index (χ1) is 6.45. The molecule has 1 aromatic carbocycles. The van der Waals surface area contributed by atoms with E-state index in [1.165, 1.54) is 6.07 Å². The van der Waals surface area contributed by atoms with E-state index in [0.717, 1.165) is 12.1 Å². The molecule has 0 atom stereocenters. The number of aryl methyl sites for hydroxylation is 1. The fourth-order valence-electron chi connectivity index (χ4n) is 1.04. The Morgan fingerprint density at radius 2 is 1.86 bits per heavy atom. The molecule has 0 heterocycles. The van der Waals surface area contributed by atoms with Gasteiger partial charge in [0.1, 0.15) is 0 Å². The van der Waals surface area contributed by atoms with Crippen LogP contribution in [0.3, 0.4) is 0 Å². The van der Waals surface area contributed by atoms with E-state index in [1.54, 1.807) is 0 Å². The van der Waals surface area contributed by atoms with Crippen molar-refractivity contribution in [1.29, 1.82) is 0 Å². The number of benzene rings is 1. The monoisotopic (exact) mass is 270 g/mol. The summed E-state index contributed by atoms with van der Waals surface area (Å²) in [4.78, 5) is 0. The van der Waals surface area contributed by atoms with Crippen LogP contribution in [-0.4, -0.2) is 6.67 Å². The molecule has 0 saturated heterocycles. The van der Waals surface area contributed by atoms with Crippen LogP contribution in [0.2, 0.25) is 0 Å². The summed E-state index contributed by atoms with van der Waals surface area (Å²) in [6.45, 7) is -0.667. The predicted octanol–water partition coefficient (Wildman–Crippen LogP) is 3.98. The number of rotatable bonds is 2. The summed E-state index contributed by atoms with van der Waals surface area (Å²) in [7, 11) is 0. The van der Waals surface area contributed by atoms with Gasteiger partial charge in [-0.15, -0.1) is 0 Å². The third-order valence-electron chi connectivity index (χ3n) is 1.74. The Bertz CT molecular complexity index is 319. The number of alkyl halides is 4. The molecule has 0 amide bonds. The molecular formula is C9H7BrF4. The Hall–Kier alpha value is -0.580. The van der Waals surface area contributed by atoms with Crippen molar-refractivity contribution in [2.75, 3.05) is 6.67 Å². The van der Waals surface area contributed by atoms with E-state index in [1.807, 2.05) is 0 Å². The van der Waals surface area contributed by atoms with E-state index >= 15 is 0 Å². The lowest BCUT2D eigenvalue weighted by Crippen LogP contribution is -2.05. The quantitative estimate of drug-likeness (QED) is 0.714. The summed E-state index contributed by atoms with van der Waals surface area (Å²) >= 11 is 3.06. The van der Waals surface area contributed by atoms with Crippen molar-refractivity contribution in [1.82, 2.24) is 0 Å². The van der Waals surface area contributed by atoms with E-state index in [2.05, 4.69) is 15.9 Å². The Labute approximate surface area is 87.1 Å². The largest absolute Gasteiger partial charge is 0.416 e. The highest BCUT2D eigenvalue weighted by Gasteiger charge is 2.30. The highest BCUT2D eigenvalue weighted by atomic mass is 79.9. The number of halogens is 5. The number of hydrogen-bond donors (Lipinski definition) is 0. The maximum absolute atomic E-state index is 12.2. The normalized spacial score (nSPS) is 11.8. The Morgan fingerprint density at radius 1 is 1.21 bits per heavy atom. The first-order valence-electron chi connectivity index (χ1n) is 3.86. The van der Waals surface area contributed by atoms with Crippen LogP contribution in [0.5, 0.6) is 0 Å². The van der Waals surface area contributed by atoms with Gasteiger partial charge in [-0.3, -0.25) is 4.39 Å². The minimum absolute atomic E-state index is 0.00942. The molecule has 5 heteroatoms. The molecule has 1 aromatic rings. The minimum Gasteiger partial charge on any atom is -0.251 e. The molecule has 0 aromatic heterocycles. The second-order valence-corrected chi connectivity index (χ2v) is 3.60. The van der Waals surface area contributed by atoms with Crippen LogP contribution < -0.4 is 0 Å². The van der Waals surface area contributed by atoms with Crippen molar-refractivity contribution in [2.24, 2.45) is 0 Å². The molecule has 14 heavy (non-hydrogen) atoms. The van der Waals surface area contributed by atoms with Crippen LogP contribution in [0.4, 0.5) is 17.6 Å². The summed E-state index contributed by atoms with van der Waals surface area (Å²) in [5.41, 5.74) is -0.411. The smallest absolute Gasteiger partial charge is 0.251 e. The zero-order chi connectivity index (χ0) is 10.8. The highest BCUT2D eigenvalue weighted by Crippen LogP contribution is 2.31. The molecule has 0 nitrogen and oxygen atoms in total. The van der Waals surface area contributed by atoms with E-state index in [-0.39, 0.29) is 6.42 Å². The number of hydrogen-bond acceptors (Lipinski definition) is 0. The molecule has 0 spiro atoms. The molecule has 1 rings (SSSR count). The standard InChI is InChI=1S/C9H7BrF4/c10-8-2-1-7(9(12,13)14)5-6(8)3-4-11/h1-2,5H,3-4H2. The zero-order valence-electron chi connectivity index (χ0n) is 7.04. The van der Waals surface area contributed by atoms with Gasteiger partial charge >= 0.3 is 6.18 Å². The van der Waals surface area contributed by atoms with Gasteiger partial charge in [-0.25, -0.2) is 0 Å². The van der Waals surface area contributed by atoms with E-state index in [0.29, 0.717) is 10.0 Å². The van der Waals surface area contributed by atoms with Crippen LogP contribution in [0, 0.1) is 0 Å². The summed E-state index contributed by atoms with van der Waals surface area (Å²) in [6, 6.07) is 3.21. The summed E-state index contributed by atoms with van der Waals surface area (Å²) in [6.07, 6.45) is -4.38. The first-order valence-corrected chi connectivity index (χ1v) is 4.66. The van der Waals surface area contributed by atoms with Gasteiger partial charge in [0.15, 0.2) is 0 Å². The summed E-state index contributed by atoms with van der Waals surface area (Å²) < 4.78 is 49.2. The van der Waals surface area contributed by atoms with Gasteiger partial charge in [0, 0.05) is 10.9 Å². The van der Waals surface area contributed by atoms with Gasteiger partial charge in [-0.1, -0.05) is 15.9 Å². The average molecular weight is 271 g/mol. The van der Waals surface area contributed by atoms with Gasteiger partial charge in [0.25, 0.3) is 0 Å². The van der Waals surface area contributed by atoms with Crippen LogP contribution in [0.1, 0.15) is 11.1 Å². The molecule has 0 bridgehead atoms. The molecular weight excluding hydrogens is 264 g/mol. The van der Waals surface area contributed by atoms with E-state index in [9.17, 15) is 17.6 Å². The zero-order valence-corrected chi connectivity index (χ0v) is 8.62. The minimum atomic E-state index is -4.37. The lowest BCUT2D eigenvalue weighted by atomic mass is 10.1. The fraction of sp³-hybridized carbons (Fsp3) is 0.333. The van der Waals surface area contributed by atoms with Crippen molar-refractivity contribution < 1.29 is 17.6 Å². The molecule has 0 radical (unpaired) electrons. The van der Waals surface area contributed by atoms with Crippen molar-refractivity contribution >= 4 is 15.9 Å². The maximum atomic E-state index is 12.2. The molecule has 0 unspecified atom stereocenters. The van der Waals surface area contributed by atoms with Crippen LogP contribution in [0.25, 0.3) is 0 Å². The van der Waals surface area contributed by atoms with Gasteiger partial charge < -0.3 is 0 Å². The van der Waals surface area contributed by atoms with Crippen molar-refractivity contribution in [3.63, 3.8) is 0 Å². The molecule has 78 valence electrons. The second-order valence-electron chi connectivity index (χ2n) is 2.74. The lowest BCUT2D eigenvalue weighted by Gasteiger charge is -2.09. The van der Waals surface area contributed by atoms with Crippen LogP contribution in [0.15, 0.2) is 22.7 Å². The molecule has 0 aliphatic heterocycles. The fourth-order valence-corrected chi connectivity index (χ4v) is 1.49. The Morgan fingerprint density at radius 3 is 2.36 bits per heavy atom. The molecule has 0 fully saturated rings.